The lowest BCUT2D eigenvalue weighted by molar-refractivity contribution is -0.116. The number of guanidine groups is 1. The zero-order valence-electron chi connectivity index (χ0n) is 16.2. The molecular formula is C20H26ClIN4O2. The number of rotatable bonds is 7. The Morgan fingerprint density at radius 1 is 1.18 bits per heavy atom. The molecule has 28 heavy (non-hydrogen) atoms. The van der Waals surface area contributed by atoms with E-state index in [9.17, 15) is 4.79 Å². The molecule has 152 valence electrons. The fourth-order valence-corrected chi connectivity index (χ4v) is 2.57. The third-order valence-electron chi connectivity index (χ3n) is 3.52. The van der Waals surface area contributed by atoms with Gasteiger partial charge in [-0.1, -0.05) is 17.7 Å². The average Bonchev–Trinajstić information content (AvgIpc) is 2.59. The number of carbonyl (C=O) groups is 1. The predicted molar refractivity (Wildman–Crippen MR) is 127 cm³/mol. The topological polar surface area (TPSA) is 88.7 Å². The number of halogens is 2. The maximum atomic E-state index is 12.0. The van der Waals surface area contributed by atoms with E-state index >= 15 is 0 Å². The van der Waals surface area contributed by atoms with Gasteiger partial charge in [0.05, 0.1) is 23.4 Å². The maximum Gasteiger partial charge on any atom is 0.226 e. The van der Waals surface area contributed by atoms with Crippen LogP contribution in [0.4, 0.5) is 11.4 Å². The molecule has 4 N–H and O–H groups in total. The molecule has 0 fully saturated rings. The number of amides is 1. The third-order valence-corrected chi connectivity index (χ3v) is 3.83. The molecule has 2 rings (SSSR count). The van der Waals surface area contributed by atoms with Crippen molar-refractivity contribution < 1.29 is 9.53 Å². The van der Waals surface area contributed by atoms with E-state index in [1.54, 1.807) is 12.1 Å². The summed E-state index contributed by atoms with van der Waals surface area (Å²) in [7, 11) is 0. The molecule has 0 saturated heterocycles. The number of nitrogens with one attached hydrogen (secondary N) is 2. The van der Waals surface area contributed by atoms with Crippen LogP contribution in [0.15, 0.2) is 47.5 Å². The molecule has 0 heterocycles. The van der Waals surface area contributed by atoms with Crippen LogP contribution in [0.5, 0.6) is 5.75 Å². The van der Waals surface area contributed by atoms with E-state index in [1.165, 1.54) is 0 Å². The van der Waals surface area contributed by atoms with Crippen LogP contribution in [-0.2, 0) is 4.79 Å². The lowest BCUT2D eigenvalue weighted by Gasteiger charge is -2.11. The molecule has 0 aromatic heterocycles. The Hall–Kier alpha value is -2.00. The van der Waals surface area contributed by atoms with E-state index < -0.39 is 0 Å². The summed E-state index contributed by atoms with van der Waals surface area (Å²) in [5.74, 6) is 0.860. The van der Waals surface area contributed by atoms with Gasteiger partial charge in [0.15, 0.2) is 5.96 Å². The van der Waals surface area contributed by atoms with Gasteiger partial charge in [0, 0.05) is 12.1 Å². The van der Waals surface area contributed by atoms with Crippen molar-refractivity contribution in [3.05, 3.63) is 53.1 Å². The number of nitrogens with zero attached hydrogens (tertiary/aromatic N) is 1. The number of aryl methyl sites for hydroxylation is 1. The molecule has 0 spiro atoms. The summed E-state index contributed by atoms with van der Waals surface area (Å²) in [5, 5.41) is 6.26. The van der Waals surface area contributed by atoms with Gasteiger partial charge in [-0.2, -0.15) is 0 Å². The van der Waals surface area contributed by atoms with E-state index in [1.807, 2.05) is 51.1 Å². The van der Waals surface area contributed by atoms with Gasteiger partial charge < -0.3 is 21.1 Å². The first-order chi connectivity index (χ1) is 12.8. The Morgan fingerprint density at radius 2 is 1.86 bits per heavy atom. The zero-order chi connectivity index (χ0) is 19.8. The number of benzene rings is 2. The van der Waals surface area contributed by atoms with Crippen molar-refractivity contribution in [3.8, 4) is 5.75 Å². The van der Waals surface area contributed by atoms with Crippen molar-refractivity contribution in [1.82, 2.24) is 0 Å². The largest absolute Gasteiger partial charge is 0.491 e. The molecule has 0 aliphatic heterocycles. The summed E-state index contributed by atoms with van der Waals surface area (Å²) in [6.45, 7) is 6.15. The van der Waals surface area contributed by atoms with Crippen molar-refractivity contribution in [2.45, 2.75) is 33.3 Å². The van der Waals surface area contributed by atoms with Crippen molar-refractivity contribution in [1.29, 1.82) is 0 Å². The number of anilines is 2. The van der Waals surface area contributed by atoms with Gasteiger partial charge in [-0.05, 0) is 62.7 Å². The van der Waals surface area contributed by atoms with Gasteiger partial charge in [-0.3, -0.25) is 9.79 Å². The quantitative estimate of drug-likeness (QED) is 0.280. The molecular weight excluding hydrogens is 491 g/mol. The minimum absolute atomic E-state index is 0. The molecule has 2 aromatic rings. The lowest BCUT2D eigenvalue weighted by atomic mass is 10.2. The standard InChI is InChI=1S/C20H25ClN4O2.HI/c1-13(2)27-16-7-5-15(6-8-16)24-20(22)23-11-10-19(26)25-18-9-4-14(3)12-17(18)21;/h4-9,12-13H,10-11H2,1-3H3,(H,25,26)(H3,22,23,24);1H. The second-order valence-electron chi connectivity index (χ2n) is 6.36. The Balaban J connectivity index is 0.00000392. The van der Waals surface area contributed by atoms with Crippen LogP contribution < -0.4 is 21.1 Å². The summed E-state index contributed by atoms with van der Waals surface area (Å²) in [5.41, 5.74) is 8.28. The van der Waals surface area contributed by atoms with Gasteiger partial charge in [0.25, 0.3) is 0 Å². The number of ether oxygens (including phenoxy) is 1. The number of hydrogen-bond acceptors (Lipinski definition) is 3. The smallest absolute Gasteiger partial charge is 0.226 e. The first kappa shape index (κ1) is 24.0. The molecule has 6 nitrogen and oxygen atoms in total. The summed E-state index contributed by atoms with van der Waals surface area (Å²) < 4.78 is 5.59. The van der Waals surface area contributed by atoms with Crippen LogP contribution in [0.2, 0.25) is 5.02 Å². The zero-order valence-corrected chi connectivity index (χ0v) is 19.2. The lowest BCUT2D eigenvalue weighted by Crippen LogP contribution is -2.23. The second-order valence-corrected chi connectivity index (χ2v) is 6.77. The molecule has 0 radical (unpaired) electrons. The summed E-state index contributed by atoms with van der Waals surface area (Å²) >= 11 is 6.11. The fourth-order valence-electron chi connectivity index (χ4n) is 2.29. The molecule has 0 saturated carbocycles. The molecule has 0 aliphatic carbocycles. The first-order valence-corrected chi connectivity index (χ1v) is 9.11. The van der Waals surface area contributed by atoms with Crippen molar-refractivity contribution in [2.24, 2.45) is 10.7 Å². The highest BCUT2D eigenvalue weighted by atomic mass is 127. The number of hydrogen-bond donors (Lipinski definition) is 3. The molecule has 2 aromatic carbocycles. The van der Waals surface area contributed by atoms with Gasteiger partial charge in [0.1, 0.15) is 5.75 Å². The highest BCUT2D eigenvalue weighted by molar-refractivity contribution is 14.0. The van der Waals surface area contributed by atoms with Crippen LogP contribution in [0.25, 0.3) is 0 Å². The Bertz CT molecular complexity index is 810. The predicted octanol–water partition coefficient (Wildman–Crippen LogP) is 4.81. The van der Waals surface area contributed by atoms with E-state index in [-0.39, 0.29) is 54.9 Å². The normalized spacial score (nSPS) is 11.0. The SMILES string of the molecule is Cc1ccc(NC(=O)CCN=C(N)Nc2ccc(OC(C)C)cc2)c(Cl)c1.I. The first-order valence-electron chi connectivity index (χ1n) is 8.73. The number of aliphatic imine (C=N–C) groups is 1. The minimum atomic E-state index is -0.174. The van der Waals surface area contributed by atoms with Crippen LogP contribution in [0.3, 0.4) is 0 Å². The average molecular weight is 517 g/mol. The van der Waals surface area contributed by atoms with E-state index in [4.69, 9.17) is 22.1 Å². The highest BCUT2D eigenvalue weighted by Gasteiger charge is 2.06. The Labute approximate surface area is 187 Å². The van der Waals surface area contributed by atoms with Crippen LogP contribution in [0, 0.1) is 6.92 Å². The van der Waals surface area contributed by atoms with Crippen molar-refractivity contribution in [3.63, 3.8) is 0 Å². The van der Waals surface area contributed by atoms with E-state index in [2.05, 4.69) is 15.6 Å². The van der Waals surface area contributed by atoms with Gasteiger partial charge in [0.2, 0.25) is 5.91 Å². The Morgan fingerprint density at radius 3 is 2.46 bits per heavy atom. The van der Waals surface area contributed by atoms with E-state index in [0.717, 1.165) is 17.0 Å². The van der Waals surface area contributed by atoms with Crippen LogP contribution >= 0.6 is 35.6 Å². The van der Waals surface area contributed by atoms with Crippen molar-refractivity contribution in [2.75, 3.05) is 17.2 Å². The summed E-state index contributed by atoms with van der Waals surface area (Å²) in [4.78, 5) is 16.2. The van der Waals surface area contributed by atoms with Crippen LogP contribution in [-0.4, -0.2) is 24.5 Å². The minimum Gasteiger partial charge on any atom is -0.491 e. The van der Waals surface area contributed by atoms with Gasteiger partial charge in [-0.15, -0.1) is 24.0 Å². The summed E-state index contributed by atoms with van der Waals surface area (Å²) in [6.07, 6.45) is 0.324. The Kier molecular flexibility index (Phi) is 10.1. The highest BCUT2D eigenvalue weighted by Crippen LogP contribution is 2.22. The van der Waals surface area contributed by atoms with E-state index in [0.29, 0.717) is 10.7 Å². The monoisotopic (exact) mass is 516 g/mol. The fraction of sp³-hybridized carbons (Fsp3) is 0.300. The second kappa shape index (κ2) is 11.8. The summed E-state index contributed by atoms with van der Waals surface area (Å²) in [6, 6.07) is 12.9. The van der Waals surface area contributed by atoms with Gasteiger partial charge in [-0.25, -0.2) is 0 Å². The molecule has 0 bridgehead atoms. The maximum absolute atomic E-state index is 12.0. The molecule has 0 aliphatic rings. The molecule has 8 heteroatoms. The van der Waals surface area contributed by atoms with Crippen molar-refractivity contribution >= 4 is 58.8 Å². The number of nitrogens with two attached hydrogens (primary N) is 1. The number of carbonyl (C=O) groups excluding carboxylic acids is 1. The molecule has 0 unspecified atom stereocenters. The van der Waals surface area contributed by atoms with Crippen LogP contribution in [0.1, 0.15) is 25.8 Å². The van der Waals surface area contributed by atoms with Gasteiger partial charge >= 0.3 is 0 Å². The molecule has 1 amide bonds. The molecule has 0 atom stereocenters. The third kappa shape index (κ3) is 8.35.